The smallest absolute Gasteiger partial charge is 0.124 e. The van der Waals surface area contributed by atoms with Crippen molar-refractivity contribution in [2.24, 2.45) is 15.9 Å². The van der Waals surface area contributed by atoms with E-state index < -0.39 is 0 Å². The average Bonchev–Trinajstić information content (AvgIpc) is 2.49. The van der Waals surface area contributed by atoms with E-state index in [1.54, 1.807) is 6.07 Å². The molecule has 0 radical (unpaired) electrons. The summed E-state index contributed by atoms with van der Waals surface area (Å²) in [6.45, 7) is 0. The van der Waals surface area contributed by atoms with Gasteiger partial charge in [0.15, 0.2) is 0 Å². The molecule has 1 aliphatic heterocycles. The molecule has 21 heavy (non-hydrogen) atoms. The van der Waals surface area contributed by atoms with Gasteiger partial charge in [-0.15, -0.1) is 5.10 Å². The third-order valence-electron chi connectivity index (χ3n) is 3.44. The highest BCUT2D eigenvalue weighted by Crippen LogP contribution is 2.31. The standard InChI is InChI=1S/C16H13BrFN3/c17-14-8-11(18)6-7-12(14)16-13(9-15(19)20-21-16)10-4-2-1-3-5-10/h1-8,13H,9H2,(H2,19,20). The Balaban J connectivity index is 2.08. The van der Waals surface area contributed by atoms with Crippen molar-refractivity contribution in [3.63, 3.8) is 0 Å². The summed E-state index contributed by atoms with van der Waals surface area (Å²) in [7, 11) is 0. The van der Waals surface area contributed by atoms with Gasteiger partial charge in [0.05, 0.1) is 5.71 Å². The summed E-state index contributed by atoms with van der Waals surface area (Å²) in [5, 5.41) is 8.25. The van der Waals surface area contributed by atoms with Gasteiger partial charge in [0.25, 0.3) is 0 Å². The van der Waals surface area contributed by atoms with Crippen LogP contribution in [0.15, 0.2) is 63.2 Å². The van der Waals surface area contributed by atoms with Gasteiger partial charge in [0.2, 0.25) is 0 Å². The fourth-order valence-electron chi connectivity index (χ4n) is 2.43. The fourth-order valence-corrected chi connectivity index (χ4v) is 2.99. The Morgan fingerprint density at radius 2 is 1.86 bits per heavy atom. The van der Waals surface area contributed by atoms with Gasteiger partial charge in [-0.3, -0.25) is 0 Å². The first-order chi connectivity index (χ1) is 10.1. The van der Waals surface area contributed by atoms with Crippen LogP contribution in [0.3, 0.4) is 0 Å². The van der Waals surface area contributed by atoms with Crippen molar-refractivity contribution in [2.75, 3.05) is 0 Å². The van der Waals surface area contributed by atoms with Crippen molar-refractivity contribution in [2.45, 2.75) is 12.3 Å². The van der Waals surface area contributed by atoms with Crippen LogP contribution in [0.4, 0.5) is 4.39 Å². The van der Waals surface area contributed by atoms with E-state index in [4.69, 9.17) is 5.73 Å². The number of rotatable bonds is 2. The maximum Gasteiger partial charge on any atom is 0.124 e. The Bertz CT molecular complexity index is 726. The lowest BCUT2D eigenvalue weighted by Gasteiger charge is -2.22. The topological polar surface area (TPSA) is 50.7 Å². The summed E-state index contributed by atoms with van der Waals surface area (Å²) >= 11 is 3.40. The second-order valence-corrected chi connectivity index (χ2v) is 5.72. The van der Waals surface area contributed by atoms with Crippen LogP contribution in [-0.4, -0.2) is 11.5 Å². The molecule has 1 unspecified atom stereocenters. The third kappa shape index (κ3) is 2.88. The Morgan fingerprint density at radius 1 is 1.10 bits per heavy atom. The second-order valence-electron chi connectivity index (χ2n) is 4.87. The molecule has 0 saturated carbocycles. The normalized spacial score (nSPS) is 18.1. The van der Waals surface area contributed by atoms with E-state index in [9.17, 15) is 4.39 Å². The number of nitrogens with zero attached hydrogens (tertiary/aromatic N) is 2. The molecule has 0 bridgehead atoms. The molecule has 2 aromatic carbocycles. The number of nitrogens with two attached hydrogens (primary N) is 1. The lowest BCUT2D eigenvalue weighted by atomic mass is 9.86. The molecular formula is C16H13BrFN3. The van der Waals surface area contributed by atoms with Gasteiger partial charge in [-0.05, 0) is 23.8 Å². The molecule has 3 rings (SSSR count). The first kappa shape index (κ1) is 13.9. The molecule has 1 heterocycles. The fraction of sp³-hybridized carbons (Fsp3) is 0.125. The van der Waals surface area contributed by atoms with Crippen molar-refractivity contribution in [1.29, 1.82) is 0 Å². The summed E-state index contributed by atoms with van der Waals surface area (Å²) in [4.78, 5) is 0. The van der Waals surface area contributed by atoms with Crippen LogP contribution in [0, 0.1) is 5.82 Å². The van der Waals surface area contributed by atoms with Gasteiger partial charge in [0, 0.05) is 22.4 Å². The monoisotopic (exact) mass is 345 g/mol. The quantitative estimate of drug-likeness (QED) is 0.883. The van der Waals surface area contributed by atoms with E-state index in [2.05, 4.69) is 26.1 Å². The molecule has 106 valence electrons. The minimum atomic E-state index is -0.290. The molecule has 0 saturated heterocycles. The maximum absolute atomic E-state index is 13.3. The first-order valence-corrected chi connectivity index (χ1v) is 7.34. The molecule has 0 amide bonds. The van der Waals surface area contributed by atoms with Gasteiger partial charge >= 0.3 is 0 Å². The van der Waals surface area contributed by atoms with Crippen LogP contribution in [0.5, 0.6) is 0 Å². The van der Waals surface area contributed by atoms with E-state index >= 15 is 0 Å². The zero-order valence-electron chi connectivity index (χ0n) is 11.1. The molecule has 2 N–H and O–H groups in total. The zero-order valence-corrected chi connectivity index (χ0v) is 12.7. The Kier molecular flexibility index (Phi) is 3.84. The van der Waals surface area contributed by atoms with Crippen LogP contribution in [0.1, 0.15) is 23.5 Å². The lowest BCUT2D eigenvalue weighted by Crippen LogP contribution is -2.26. The average molecular weight is 346 g/mol. The lowest BCUT2D eigenvalue weighted by molar-refractivity contribution is 0.626. The highest BCUT2D eigenvalue weighted by molar-refractivity contribution is 9.10. The number of halogens is 2. The van der Waals surface area contributed by atoms with Crippen LogP contribution in [-0.2, 0) is 0 Å². The first-order valence-electron chi connectivity index (χ1n) is 6.55. The van der Waals surface area contributed by atoms with E-state index in [-0.39, 0.29) is 11.7 Å². The van der Waals surface area contributed by atoms with Crippen molar-refractivity contribution in [3.8, 4) is 0 Å². The van der Waals surface area contributed by atoms with E-state index in [1.165, 1.54) is 12.1 Å². The predicted molar refractivity (Wildman–Crippen MR) is 86.1 cm³/mol. The summed E-state index contributed by atoms with van der Waals surface area (Å²) in [6.07, 6.45) is 0.604. The molecule has 1 atom stereocenters. The Labute approximate surface area is 130 Å². The van der Waals surface area contributed by atoms with Crippen molar-refractivity contribution in [3.05, 3.63) is 69.9 Å². The molecule has 0 fully saturated rings. The van der Waals surface area contributed by atoms with Gasteiger partial charge in [-0.1, -0.05) is 46.3 Å². The molecule has 0 spiro atoms. The molecule has 0 aromatic heterocycles. The van der Waals surface area contributed by atoms with E-state index in [0.29, 0.717) is 16.7 Å². The van der Waals surface area contributed by atoms with Crippen LogP contribution in [0.2, 0.25) is 0 Å². The number of amidine groups is 1. The Morgan fingerprint density at radius 3 is 2.57 bits per heavy atom. The molecule has 5 heteroatoms. The van der Waals surface area contributed by atoms with Gasteiger partial charge in [-0.2, -0.15) is 5.10 Å². The second kappa shape index (κ2) is 5.77. The van der Waals surface area contributed by atoms with Crippen LogP contribution < -0.4 is 5.73 Å². The van der Waals surface area contributed by atoms with Crippen molar-refractivity contribution >= 4 is 27.5 Å². The maximum atomic E-state index is 13.3. The van der Waals surface area contributed by atoms with Crippen molar-refractivity contribution < 1.29 is 4.39 Å². The highest BCUT2D eigenvalue weighted by Gasteiger charge is 2.25. The molecule has 3 nitrogen and oxygen atoms in total. The predicted octanol–water partition coefficient (Wildman–Crippen LogP) is 3.84. The summed E-state index contributed by atoms with van der Waals surface area (Å²) in [6, 6.07) is 14.6. The van der Waals surface area contributed by atoms with Crippen LogP contribution in [0.25, 0.3) is 0 Å². The van der Waals surface area contributed by atoms with Gasteiger partial charge in [-0.25, -0.2) is 4.39 Å². The van der Waals surface area contributed by atoms with Crippen molar-refractivity contribution in [1.82, 2.24) is 0 Å². The highest BCUT2D eigenvalue weighted by atomic mass is 79.9. The largest absolute Gasteiger partial charge is 0.386 e. The molecule has 1 aliphatic rings. The molecular weight excluding hydrogens is 333 g/mol. The van der Waals surface area contributed by atoms with E-state index in [1.807, 2.05) is 30.3 Å². The summed E-state index contributed by atoms with van der Waals surface area (Å²) in [5.41, 5.74) is 8.58. The summed E-state index contributed by atoms with van der Waals surface area (Å²) in [5.74, 6) is 0.234. The summed E-state index contributed by atoms with van der Waals surface area (Å²) < 4.78 is 13.9. The SMILES string of the molecule is NC1=NN=C(c2ccc(F)cc2Br)C(c2ccccc2)C1. The van der Waals surface area contributed by atoms with Gasteiger partial charge in [0.1, 0.15) is 11.7 Å². The number of hydrogen-bond donors (Lipinski definition) is 1. The number of hydrogen-bond acceptors (Lipinski definition) is 3. The third-order valence-corrected chi connectivity index (χ3v) is 4.09. The zero-order chi connectivity index (χ0) is 14.8. The van der Waals surface area contributed by atoms with E-state index in [0.717, 1.165) is 16.8 Å². The molecule has 2 aromatic rings. The molecule has 0 aliphatic carbocycles. The number of benzene rings is 2. The minimum absolute atomic E-state index is 0.0189. The minimum Gasteiger partial charge on any atom is -0.386 e. The Hall–Kier alpha value is -2.01. The van der Waals surface area contributed by atoms with Crippen LogP contribution >= 0.6 is 15.9 Å². The van der Waals surface area contributed by atoms with Gasteiger partial charge < -0.3 is 5.73 Å².